The van der Waals surface area contributed by atoms with E-state index >= 15 is 0 Å². The second-order valence-corrected chi connectivity index (χ2v) is 9.58. The van der Waals surface area contributed by atoms with Gasteiger partial charge in [-0.2, -0.15) is 0 Å². The molecule has 2 saturated carbocycles. The number of carbonyl (C=O) groups is 1. The van der Waals surface area contributed by atoms with Gasteiger partial charge in [-0.15, -0.1) is 0 Å². The lowest BCUT2D eigenvalue weighted by Gasteiger charge is -2.45. The van der Waals surface area contributed by atoms with Gasteiger partial charge in [0.15, 0.2) is 0 Å². The van der Waals surface area contributed by atoms with E-state index in [1.165, 1.54) is 37.7 Å². The lowest BCUT2D eigenvalue weighted by molar-refractivity contribution is -0.156. The first-order chi connectivity index (χ1) is 12.5. The second-order valence-electron chi connectivity index (χ2n) is 9.58. The van der Waals surface area contributed by atoms with Crippen LogP contribution in [0.4, 0.5) is 0 Å². The summed E-state index contributed by atoms with van der Waals surface area (Å²) in [6.45, 7) is 5.40. The fraction of sp³-hybridized carbons (Fsp3) is 0.696. The van der Waals surface area contributed by atoms with Gasteiger partial charge in [-0.3, -0.25) is 4.79 Å². The molecule has 2 atom stereocenters. The molecule has 0 bridgehead atoms. The summed E-state index contributed by atoms with van der Waals surface area (Å²) in [7, 11) is 0. The maximum Gasteiger partial charge on any atom is 0.310 e. The molecule has 3 aliphatic rings. The average Bonchev–Trinajstić information content (AvgIpc) is 3.39. The van der Waals surface area contributed by atoms with Gasteiger partial charge in [0.1, 0.15) is 0 Å². The van der Waals surface area contributed by atoms with E-state index in [2.05, 4.69) is 42.2 Å². The number of hydrogen-bond donors (Lipinski definition) is 1. The summed E-state index contributed by atoms with van der Waals surface area (Å²) in [4.78, 5) is 14.0. The summed E-state index contributed by atoms with van der Waals surface area (Å²) in [6, 6.07) is 11.0. The zero-order valence-electron chi connectivity index (χ0n) is 16.1. The number of likely N-dealkylation sites (tertiary alicyclic amines) is 1. The zero-order chi connectivity index (χ0) is 18.2. The monoisotopic (exact) mass is 355 g/mol. The third-order valence-electron chi connectivity index (χ3n) is 7.62. The van der Waals surface area contributed by atoms with Crippen molar-refractivity contribution in [2.24, 2.45) is 16.7 Å². The number of rotatable bonds is 7. The maximum atomic E-state index is 11.6. The molecule has 1 aromatic carbocycles. The number of nitrogens with zero attached hydrogens (tertiary/aromatic N) is 1. The van der Waals surface area contributed by atoms with Crippen LogP contribution in [0.1, 0.15) is 69.8 Å². The van der Waals surface area contributed by atoms with Crippen LogP contribution in [-0.4, -0.2) is 35.6 Å². The third kappa shape index (κ3) is 3.69. The second kappa shape index (κ2) is 6.99. The van der Waals surface area contributed by atoms with Crippen LogP contribution in [-0.2, 0) is 4.79 Å². The van der Waals surface area contributed by atoms with E-state index in [1.807, 2.05) is 0 Å². The first-order valence-electron chi connectivity index (χ1n) is 10.5. The molecule has 1 N–H and O–H groups in total. The van der Waals surface area contributed by atoms with Crippen LogP contribution in [0.2, 0.25) is 0 Å². The van der Waals surface area contributed by atoms with Crippen molar-refractivity contribution in [3.63, 3.8) is 0 Å². The van der Waals surface area contributed by atoms with Gasteiger partial charge in [0.05, 0.1) is 5.41 Å². The van der Waals surface area contributed by atoms with Crippen molar-refractivity contribution >= 4 is 5.97 Å². The molecular formula is C23H33NO2. The van der Waals surface area contributed by atoms with Crippen molar-refractivity contribution < 1.29 is 9.90 Å². The van der Waals surface area contributed by atoms with Crippen LogP contribution in [0.25, 0.3) is 0 Å². The van der Waals surface area contributed by atoms with Crippen molar-refractivity contribution in [3.05, 3.63) is 35.9 Å². The van der Waals surface area contributed by atoms with Crippen LogP contribution in [0, 0.1) is 16.7 Å². The van der Waals surface area contributed by atoms with Crippen molar-refractivity contribution in [1.29, 1.82) is 0 Å². The van der Waals surface area contributed by atoms with E-state index in [-0.39, 0.29) is 0 Å². The normalized spacial score (nSPS) is 29.7. The molecule has 0 spiro atoms. The molecule has 1 heterocycles. The van der Waals surface area contributed by atoms with E-state index in [0.29, 0.717) is 5.41 Å². The SMILES string of the molecule is CC1(CC[C@@H]2CC2c2ccccc2)CCN(CC2(C(=O)O)CCC2)CC1. The Morgan fingerprint density at radius 3 is 2.42 bits per heavy atom. The Kier molecular flexibility index (Phi) is 4.85. The molecule has 3 heteroatoms. The Balaban J connectivity index is 1.22. The minimum absolute atomic E-state index is 0.426. The van der Waals surface area contributed by atoms with Gasteiger partial charge in [0.2, 0.25) is 0 Å². The van der Waals surface area contributed by atoms with Gasteiger partial charge in [-0.05, 0) is 80.8 Å². The smallest absolute Gasteiger partial charge is 0.310 e. The Bertz CT molecular complexity index is 629. The lowest BCUT2D eigenvalue weighted by atomic mass is 9.67. The first-order valence-corrected chi connectivity index (χ1v) is 10.5. The zero-order valence-corrected chi connectivity index (χ0v) is 16.1. The van der Waals surface area contributed by atoms with Crippen LogP contribution in [0.3, 0.4) is 0 Å². The summed E-state index contributed by atoms with van der Waals surface area (Å²) in [6.07, 6.45) is 9.34. The summed E-state index contributed by atoms with van der Waals surface area (Å²) in [5.41, 5.74) is 1.55. The van der Waals surface area contributed by atoms with E-state index in [1.54, 1.807) is 0 Å². The van der Waals surface area contributed by atoms with E-state index in [9.17, 15) is 9.90 Å². The molecule has 3 fully saturated rings. The molecule has 1 unspecified atom stereocenters. The van der Waals surface area contributed by atoms with Gasteiger partial charge < -0.3 is 10.0 Å². The standard InChI is InChI=1S/C23H33NO2/c1-22(11-8-19-16-20(19)18-6-3-2-4-7-18)12-14-24(15-13-22)17-23(21(25)26)9-5-10-23/h2-4,6-7,19-20H,5,8-17H2,1H3,(H,25,26)/t19-,20?/m1/s1. The van der Waals surface area contributed by atoms with Crippen LogP contribution >= 0.6 is 0 Å². The maximum absolute atomic E-state index is 11.6. The minimum atomic E-state index is -0.572. The Hall–Kier alpha value is -1.35. The predicted octanol–water partition coefficient (Wildman–Crippen LogP) is 4.93. The Morgan fingerprint density at radius 2 is 1.85 bits per heavy atom. The highest BCUT2D eigenvalue weighted by Gasteiger charge is 2.46. The highest BCUT2D eigenvalue weighted by molar-refractivity contribution is 5.76. The molecule has 4 rings (SSSR count). The molecule has 142 valence electrons. The molecule has 1 aromatic rings. The molecule has 26 heavy (non-hydrogen) atoms. The van der Waals surface area contributed by atoms with Crippen molar-refractivity contribution in [2.45, 2.75) is 64.2 Å². The number of carboxylic acid groups (broad SMARTS) is 1. The molecule has 0 radical (unpaired) electrons. The Labute approximate surface area is 157 Å². The van der Waals surface area contributed by atoms with Crippen molar-refractivity contribution in [3.8, 4) is 0 Å². The third-order valence-corrected chi connectivity index (χ3v) is 7.62. The van der Waals surface area contributed by atoms with Gasteiger partial charge in [0, 0.05) is 6.54 Å². The van der Waals surface area contributed by atoms with Gasteiger partial charge in [0.25, 0.3) is 0 Å². The summed E-state index contributed by atoms with van der Waals surface area (Å²) < 4.78 is 0. The summed E-state index contributed by atoms with van der Waals surface area (Å²) in [5.74, 6) is 1.12. The first kappa shape index (κ1) is 18.0. The lowest BCUT2D eigenvalue weighted by Crippen LogP contribution is -2.50. The minimum Gasteiger partial charge on any atom is -0.481 e. The highest BCUT2D eigenvalue weighted by atomic mass is 16.4. The number of aliphatic carboxylic acids is 1. The van der Waals surface area contributed by atoms with E-state index < -0.39 is 11.4 Å². The molecule has 2 aliphatic carbocycles. The quantitative estimate of drug-likeness (QED) is 0.754. The van der Waals surface area contributed by atoms with Gasteiger partial charge in [-0.1, -0.05) is 43.7 Å². The number of hydrogen-bond acceptors (Lipinski definition) is 2. The largest absolute Gasteiger partial charge is 0.481 e. The van der Waals surface area contributed by atoms with E-state index in [0.717, 1.165) is 50.7 Å². The molecule has 1 aliphatic heterocycles. The van der Waals surface area contributed by atoms with Gasteiger partial charge in [-0.25, -0.2) is 0 Å². The molecule has 3 nitrogen and oxygen atoms in total. The van der Waals surface area contributed by atoms with Crippen LogP contribution in [0.15, 0.2) is 30.3 Å². The fourth-order valence-corrected chi connectivity index (χ4v) is 5.18. The molecule has 0 amide bonds. The van der Waals surface area contributed by atoms with Crippen molar-refractivity contribution in [2.75, 3.05) is 19.6 Å². The topological polar surface area (TPSA) is 40.5 Å². The predicted molar refractivity (Wildman–Crippen MR) is 104 cm³/mol. The van der Waals surface area contributed by atoms with E-state index in [4.69, 9.17) is 0 Å². The van der Waals surface area contributed by atoms with Gasteiger partial charge >= 0.3 is 5.97 Å². The average molecular weight is 356 g/mol. The number of benzene rings is 1. The van der Waals surface area contributed by atoms with Crippen LogP contribution < -0.4 is 0 Å². The summed E-state index contributed by atoms with van der Waals surface area (Å²) >= 11 is 0. The number of piperidine rings is 1. The molecule has 0 aromatic heterocycles. The fourth-order valence-electron chi connectivity index (χ4n) is 5.18. The number of carboxylic acids is 1. The van der Waals surface area contributed by atoms with Crippen molar-refractivity contribution in [1.82, 2.24) is 4.90 Å². The highest BCUT2D eigenvalue weighted by Crippen LogP contribution is 2.52. The Morgan fingerprint density at radius 1 is 1.15 bits per heavy atom. The molecule has 1 saturated heterocycles. The summed E-state index contributed by atoms with van der Waals surface area (Å²) in [5, 5.41) is 9.56. The molecular weight excluding hydrogens is 322 g/mol. The van der Waals surface area contributed by atoms with Crippen LogP contribution in [0.5, 0.6) is 0 Å².